The van der Waals surface area contributed by atoms with Crippen LogP contribution < -0.4 is 16.0 Å². The highest BCUT2D eigenvalue weighted by molar-refractivity contribution is 7.99. The number of hydrogen-bond donors (Lipinski definition) is 3. The highest BCUT2D eigenvalue weighted by atomic mass is 32.2. The van der Waals surface area contributed by atoms with Crippen LogP contribution in [0.3, 0.4) is 0 Å². The molecule has 3 heterocycles. The van der Waals surface area contributed by atoms with Crippen molar-refractivity contribution in [1.29, 1.82) is 0 Å². The van der Waals surface area contributed by atoms with Gasteiger partial charge in [-0.05, 0) is 30.5 Å². The Labute approximate surface area is 185 Å². The van der Waals surface area contributed by atoms with Crippen LogP contribution in [0.2, 0.25) is 0 Å². The van der Waals surface area contributed by atoms with Crippen LogP contribution in [0.25, 0.3) is 10.6 Å². The third-order valence-electron chi connectivity index (χ3n) is 4.57. The van der Waals surface area contributed by atoms with Gasteiger partial charge in [-0.1, -0.05) is 30.0 Å². The fourth-order valence-corrected chi connectivity index (χ4v) is 4.58. The van der Waals surface area contributed by atoms with E-state index in [1.807, 2.05) is 24.4 Å². The molecule has 0 saturated carbocycles. The summed E-state index contributed by atoms with van der Waals surface area (Å²) >= 11 is 1.80. The molecule has 1 fully saturated rings. The Morgan fingerprint density at radius 1 is 1.32 bits per heavy atom. The first-order chi connectivity index (χ1) is 14.9. The molecule has 1 aliphatic rings. The highest BCUT2D eigenvalue weighted by Crippen LogP contribution is 2.31. The van der Waals surface area contributed by atoms with Crippen molar-refractivity contribution < 1.29 is 18.4 Å². The van der Waals surface area contributed by atoms with Crippen molar-refractivity contribution in [2.45, 2.75) is 36.3 Å². The fraction of sp³-hybridized carbons (Fsp3) is 0.250. The number of rotatable bonds is 6. The second-order valence-electron chi connectivity index (χ2n) is 6.91. The first kappa shape index (κ1) is 21.5. The second kappa shape index (κ2) is 9.16. The van der Waals surface area contributed by atoms with Gasteiger partial charge in [-0.3, -0.25) is 14.9 Å². The van der Waals surface area contributed by atoms with Gasteiger partial charge < -0.3 is 10.6 Å². The Morgan fingerprint density at radius 2 is 2.13 bits per heavy atom. The summed E-state index contributed by atoms with van der Waals surface area (Å²) in [6.45, 7) is 1.88. The number of amides is 2. The zero-order valence-electron chi connectivity index (χ0n) is 16.3. The van der Waals surface area contributed by atoms with Gasteiger partial charge in [0.15, 0.2) is 6.29 Å². The number of thiophene rings is 1. The van der Waals surface area contributed by atoms with Gasteiger partial charge in [-0.15, -0.1) is 11.3 Å². The quantitative estimate of drug-likeness (QED) is 0.479. The summed E-state index contributed by atoms with van der Waals surface area (Å²) in [4.78, 5) is 26.1. The summed E-state index contributed by atoms with van der Waals surface area (Å²) in [5, 5.41) is 15.3. The molecule has 2 aromatic heterocycles. The third-order valence-corrected chi connectivity index (χ3v) is 6.26. The van der Waals surface area contributed by atoms with Crippen LogP contribution >= 0.6 is 23.1 Å². The Bertz CT molecular complexity index is 1090. The summed E-state index contributed by atoms with van der Waals surface area (Å²) in [7, 11) is 0. The normalized spacial score (nSPS) is 18.8. The molecule has 2 unspecified atom stereocenters. The number of halogens is 2. The molecular formula is C20H19F2N5O2S2. The van der Waals surface area contributed by atoms with Crippen molar-refractivity contribution in [3.8, 4) is 10.6 Å². The molecule has 1 aliphatic heterocycles. The summed E-state index contributed by atoms with van der Waals surface area (Å²) in [6.07, 6.45) is -0.332. The van der Waals surface area contributed by atoms with Crippen LogP contribution in [0, 0.1) is 0 Å². The van der Waals surface area contributed by atoms with Crippen molar-refractivity contribution in [2.75, 3.05) is 5.32 Å². The van der Waals surface area contributed by atoms with Crippen LogP contribution in [0.15, 0.2) is 52.7 Å². The first-order valence-corrected chi connectivity index (χ1v) is 11.2. The molecule has 3 N–H and O–H groups in total. The van der Waals surface area contributed by atoms with Gasteiger partial charge >= 0.3 is 0 Å². The van der Waals surface area contributed by atoms with Gasteiger partial charge in [0.25, 0.3) is 11.7 Å². The number of alkyl halides is 2. The Hall–Kier alpha value is -2.76. The van der Waals surface area contributed by atoms with Gasteiger partial charge in [0.05, 0.1) is 10.4 Å². The predicted octanol–water partition coefficient (Wildman–Crippen LogP) is 4.13. The molecule has 7 nitrogen and oxygen atoms in total. The van der Waals surface area contributed by atoms with E-state index in [1.54, 1.807) is 18.2 Å². The molecule has 0 spiro atoms. The number of anilines is 1. The number of benzene rings is 1. The zero-order valence-corrected chi connectivity index (χ0v) is 18.0. The Kier molecular flexibility index (Phi) is 6.35. The summed E-state index contributed by atoms with van der Waals surface area (Å²) in [5.74, 6) is -3.00. The van der Waals surface area contributed by atoms with Gasteiger partial charge in [-0.2, -0.15) is 13.9 Å². The number of carbonyl (C=O) groups excluding carboxylic acids is 2. The van der Waals surface area contributed by atoms with Crippen LogP contribution in [0.4, 0.5) is 14.6 Å². The van der Waals surface area contributed by atoms with Crippen LogP contribution in [-0.4, -0.2) is 33.4 Å². The molecule has 2 amide bonds. The maximum absolute atomic E-state index is 13.0. The lowest BCUT2D eigenvalue weighted by atomic mass is 10.2. The van der Waals surface area contributed by atoms with Crippen LogP contribution in [0.5, 0.6) is 0 Å². The SMILES string of the molecule is CC1CC(=O)NC(n2nc(-c3cccs3)cc2NC(=O)c2ccccc2SC(F)F)N1. The molecular weight excluding hydrogens is 444 g/mol. The molecule has 1 saturated heterocycles. The van der Waals surface area contributed by atoms with Crippen molar-refractivity contribution in [3.63, 3.8) is 0 Å². The minimum Gasteiger partial charge on any atom is -0.322 e. The van der Waals surface area contributed by atoms with Crippen molar-refractivity contribution in [3.05, 3.63) is 53.4 Å². The molecule has 3 aromatic rings. The van der Waals surface area contributed by atoms with Gasteiger partial charge in [0.1, 0.15) is 11.5 Å². The minimum absolute atomic E-state index is 0.0835. The maximum atomic E-state index is 13.0. The molecule has 11 heteroatoms. The van der Waals surface area contributed by atoms with E-state index < -0.39 is 18.0 Å². The summed E-state index contributed by atoms with van der Waals surface area (Å²) in [6, 6.07) is 11.6. The number of thioether (sulfide) groups is 1. The Balaban J connectivity index is 1.67. The lowest BCUT2D eigenvalue weighted by Gasteiger charge is -2.30. The smallest absolute Gasteiger partial charge is 0.288 e. The van der Waals surface area contributed by atoms with Crippen LogP contribution in [0.1, 0.15) is 30.0 Å². The monoisotopic (exact) mass is 463 g/mol. The van der Waals surface area contributed by atoms with E-state index in [-0.39, 0.29) is 22.4 Å². The molecule has 162 valence electrons. The standard InChI is InChI=1S/C20H19F2N5O2S2/c1-11-9-17(28)25-20(23-11)27-16(10-13(26-27)15-7-4-8-30-15)24-18(29)12-5-2-3-6-14(12)31-19(21)22/h2-8,10-11,19-20,23H,9H2,1H3,(H,24,29)(H,25,28). The van der Waals surface area contributed by atoms with Gasteiger partial charge in [0.2, 0.25) is 5.91 Å². The molecule has 4 rings (SSSR count). The van der Waals surface area contributed by atoms with Crippen LogP contribution in [-0.2, 0) is 4.79 Å². The maximum Gasteiger partial charge on any atom is 0.288 e. The van der Waals surface area contributed by atoms with Gasteiger partial charge in [-0.25, -0.2) is 4.68 Å². The van der Waals surface area contributed by atoms with E-state index in [2.05, 4.69) is 21.0 Å². The second-order valence-corrected chi connectivity index (χ2v) is 8.89. The average molecular weight is 464 g/mol. The minimum atomic E-state index is -2.65. The van der Waals surface area contributed by atoms with Gasteiger partial charge in [0, 0.05) is 23.4 Å². The highest BCUT2D eigenvalue weighted by Gasteiger charge is 2.28. The largest absolute Gasteiger partial charge is 0.322 e. The van der Waals surface area contributed by atoms with E-state index in [4.69, 9.17) is 0 Å². The summed E-state index contributed by atoms with van der Waals surface area (Å²) in [5.41, 5.74) is 0.752. The fourth-order valence-electron chi connectivity index (χ4n) is 3.26. The number of aromatic nitrogens is 2. The van der Waals surface area contributed by atoms with Crippen molar-refractivity contribution in [2.24, 2.45) is 0 Å². The molecule has 1 aromatic carbocycles. The lowest BCUT2D eigenvalue weighted by Crippen LogP contribution is -2.52. The number of nitrogens with one attached hydrogen (secondary N) is 3. The molecule has 0 radical (unpaired) electrons. The summed E-state index contributed by atoms with van der Waals surface area (Å²) < 4.78 is 27.3. The Morgan fingerprint density at radius 3 is 2.84 bits per heavy atom. The third kappa shape index (κ3) is 4.94. The van der Waals surface area contributed by atoms with E-state index in [1.165, 1.54) is 28.2 Å². The zero-order chi connectivity index (χ0) is 22.0. The number of hydrogen-bond acceptors (Lipinski definition) is 6. The van der Waals surface area contributed by atoms with E-state index in [0.717, 1.165) is 4.88 Å². The molecule has 31 heavy (non-hydrogen) atoms. The molecule has 0 bridgehead atoms. The molecule has 0 aliphatic carbocycles. The van der Waals surface area contributed by atoms with Crippen molar-refractivity contribution >= 4 is 40.7 Å². The predicted molar refractivity (Wildman–Crippen MR) is 116 cm³/mol. The number of nitrogens with zero attached hydrogens (tertiary/aromatic N) is 2. The van der Waals surface area contributed by atoms with Crippen molar-refractivity contribution in [1.82, 2.24) is 20.4 Å². The first-order valence-electron chi connectivity index (χ1n) is 9.44. The molecule has 2 atom stereocenters. The van der Waals surface area contributed by atoms with E-state index >= 15 is 0 Å². The topological polar surface area (TPSA) is 88.1 Å². The lowest BCUT2D eigenvalue weighted by molar-refractivity contribution is -0.125. The van der Waals surface area contributed by atoms with E-state index in [9.17, 15) is 18.4 Å². The van der Waals surface area contributed by atoms with E-state index in [0.29, 0.717) is 29.7 Å². The average Bonchev–Trinajstić information content (AvgIpc) is 3.37. The number of carbonyl (C=O) groups is 2.